The lowest BCUT2D eigenvalue weighted by Crippen LogP contribution is -2.46. The Kier molecular flexibility index (Phi) is 6.86. The Balaban J connectivity index is 1.85. The Morgan fingerprint density at radius 2 is 1.83 bits per heavy atom. The van der Waals surface area contributed by atoms with E-state index in [0.29, 0.717) is 18.5 Å². The molecule has 5 heteroatoms. The lowest BCUT2D eigenvalue weighted by atomic mass is 10.1. The van der Waals surface area contributed by atoms with Gasteiger partial charge in [0.1, 0.15) is 0 Å². The van der Waals surface area contributed by atoms with Crippen molar-refractivity contribution in [2.24, 2.45) is 0 Å². The maximum atomic E-state index is 12.1. The number of rotatable bonds is 7. The van der Waals surface area contributed by atoms with Crippen LogP contribution in [0, 0.1) is 0 Å². The lowest BCUT2D eigenvalue weighted by Gasteiger charge is -2.35. The second-order valence-corrected chi connectivity index (χ2v) is 6.12. The van der Waals surface area contributed by atoms with Crippen LogP contribution in [0.25, 0.3) is 0 Å². The van der Waals surface area contributed by atoms with Crippen LogP contribution >= 0.6 is 0 Å². The van der Waals surface area contributed by atoms with Crippen molar-refractivity contribution in [2.45, 2.75) is 32.8 Å². The maximum Gasteiger partial charge on any atom is 0.251 e. The molecule has 1 aromatic carbocycles. The fourth-order valence-electron chi connectivity index (χ4n) is 2.89. The number of aliphatic hydroxyl groups excluding tert-OH is 1. The number of carbonyl (C=O) groups excluding carboxylic acids is 1. The molecule has 1 atom stereocenters. The van der Waals surface area contributed by atoms with Crippen molar-refractivity contribution in [3.63, 3.8) is 0 Å². The molecule has 128 valence electrons. The summed E-state index contributed by atoms with van der Waals surface area (Å²) in [6.45, 7) is 9.88. The molecule has 0 spiro atoms. The summed E-state index contributed by atoms with van der Waals surface area (Å²) in [5, 5.41) is 12.5. The predicted molar refractivity (Wildman–Crippen MR) is 94.0 cm³/mol. The maximum absolute atomic E-state index is 12.1. The predicted octanol–water partition coefficient (Wildman–Crippen LogP) is 1.72. The Labute approximate surface area is 139 Å². The van der Waals surface area contributed by atoms with Crippen molar-refractivity contribution < 1.29 is 9.90 Å². The molecule has 2 rings (SSSR count). The Hall–Kier alpha value is -1.59. The second-order valence-electron chi connectivity index (χ2n) is 6.12. The van der Waals surface area contributed by atoms with Crippen molar-refractivity contribution >= 4 is 11.6 Å². The first kappa shape index (κ1) is 17.8. The first-order chi connectivity index (χ1) is 11.1. The molecule has 0 saturated carbocycles. The van der Waals surface area contributed by atoms with E-state index in [9.17, 15) is 9.90 Å². The van der Waals surface area contributed by atoms with E-state index in [2.05, 4.69) is 22.0 Å². The molecule has 1 unspecified atom stereocenters. The van der Waals surface area contributed by atoms with E-state index in [-0.39, 0.29) is 5.91 Å². The van der Waals surface area contributed by atoms with Gasteiger partial charge in [0, 0.05) is 44.0 Å². The highest BCUT2D eigenvalue weighted by Crippen LogP contribution is 2.17. The van der Waals surface area contributed by atoms with Crippen LogP contribution in [0.15, 0.2) is 24.3 Å². The van der Waals surface area contributed by atoms with Gasteiger partial charge in [-0.05, 0) is 37.2 Å². The van der Waals surface area contributed by atoms with E-state index < -0.39 is 6.10 Å². The molecule has 0 bridgehead atoms. The van der Waals surface area contributed by atoms with Crippen LogP contribution in [0.4, 0.5) is 5.69 Å². The largest absolute Gasteiger partial charge is 0.391 e. The molecule has 1 heterocycles. The number of amides is 1. The van der Waals surface area contributed by atoms with Gasteiger partial charge in [0.2, 0.25) is 0 Å². The number of hydrogen-bond donors (Lipinski definition) is 2. The van der Waals surface area contributed by atoms with E-state index in [1.165, 1.54) is 5.69 Å². The van der Waals surface area contributed by atoms with Gasteiger partial charge in [0.05, 0.1) is 6.10 Å². The van der Waals surface area contributed by atoms with Gasteiger partial charge in [-0.2, -0.15) is 0 Å². The summed E-state index contributed by atoms with van der Waals surface area (Å²) in [7, 11) is 0. The molecule has 1 aliphatic rings. The minimum atomic E-state index is -0.460. The first-order valence-electron chi connectivity index (χ1n) is 8.67. The number of anilines is 1. The molecule has 0 aliphatic carbocycles. The molecule has 5 nitrogen and oxygen atoms in total. The zero-order valence-electron chi connectivity index (χ0n) is 14.3. The van der Waals surface area contributed by atoms with Crippen LogP contribution in [-0.4, -0.2) is 61.3 Å². The molecule has 1 amide bonds. The Morgan fingerprint density at radius 1 is 1.17 bits per heavy atom. The Bertz CT molecular complexity index is 482. The molecule has 1 aromatic rings. The smallest absolute Gasteiger partial charge is 0.251 e. The van der Waals surface area contributed by atoms with Gasteiger partial charge in [0.15, 0.2) is 0 Å². The van der Waals surface area contributed by atoms with E-state index in [4.69, 9.17) is 0 Å². The topological polar surface area (TPSA) is 55.8 Å². The highest BCUT2D eigenvalue weighted by atomic mass is 16.3. The van der Waals surface area contributed by atoms with Gasteiger partial charge in [-0.1, -0.05) is 20.3 Å². The highest BCUT2D eigenvalue weighted by Gasteiger charge is 2.16. The SMILES string of the molecule is CCCC(O)CNC(=O)c1ccc(N2CCN(CC)CC2)cc1. The quantitative estimate of drug-likeness (QED) is 0.803. The molecule has 1 fully saturated rings. The summed E-state index contributed by atoms with van der Waals surface area (Å²) in [5.74, 6) is -0.123. The van der Waals surface area contributed by atoms with Crippen LogP contribution in [0.1, 0.15) is 37.0 Å². The number of carbonyl (C=O) groups is 1. The van der Waals surface area contributed by atoms with Crippen molar-refractivity contribution in [3.8, 4) is 0 Å². The lowest BCUT2D eigenvalue weighted by molar-refractivity contribution is 0.0910. The molecule has 1 saturated heterocycles. The summed E-state index contributed by atoms with van der Waals surface area (Å²) in [4.78, 5) is 16.9. The van der Waals surface area contributed by atoms with Crippen LogP contribution in [-0.2, 0) is 0 Å². The van der Waals surface area contributed by atoms with Crippen LogP contribution in [0.5, 0.6) is 0 Å². The van der Waals surface area contributed by atoms with Crippen molar-refractivity contribution in [2.75, 3.05) is 44.2 Å². The number of hydrogen-bond acceptors (Lipinski definition) is 4. The molecule has 2 N–H and O–H groups in total. The number of aliphatic hydroxyl groups is 1. The van der Waals surface area contributed by atoms with Crippen LogP contribution < -0.4 is 10.2 Å². The third kappa shape index (κ3) is 5.22. The number of likely N-dealkylation sites (N-methyl/N-ethyl adjacent to an activating group) is 1. The number of nitrogens with one attached hydrogen (secondary N) is 1. The number of benzene rings is 1. The van der Waals surface area contributed by atoms with Gasteiger partial charge in [0.25, 0.3) is 5.91 Å². The third-order valence-electron chi connectivity index (χ3n) is 4.43. The van der Waals surface area contributed by atoms with Crippen LogP contribution in [0.2, 0.25) is 0 Å². The monoisotopic (exact) mass is 319 g/mol. The van der Waals surface area contributed by atoms with Crippen molar-refractivity contribution in [3.05, 3.63) is 29.8 Å². The van der Waals surface area contributed by atoms with Gasteiger partial charge in [-0.15, -0.1) is 0 Å². The van der Waals surface area contributed by atoms with Gasteiger partial charge in [-0.25, -0.2) is 0 Å². The Morgan fingerprint density at radius 3 is 2.39 bits per heavy atom. The second kappa shape index (κ2) is 8.89. The molecule has 1 aliphatic heterocycles. The standard InChI is InChI=1S/C18H29N3O2/c1-3-5-17(22)14-19-18(23)15-6-8-16(9-7-15)21-12-10-20(4-2)11-13-21/h6-9,17,22H,3-5,10-14H2,1-2H3,(H,19,23). The van der Waals surface area contributed by atoms with Gasteiger partial charge < -0.3 is 20.2 Å². The summed E-state index contributed by atoms with van der Waals surface area (Å²) in [5.41, 5.74) is 1.81. The normalized spacial score (nSPS) is 17.1. The third-order valence-corrected chi connectivity index (χ3v) is 4.43. The van der Waals surface area contributed by atoms with E-state index in [0.717, 1.165) is 39.1 Å². The minimum absolute atomic E-state index is 0.123. The van der Waals surface area contributed by atoms with Crippen LogP contribution in [0.3, 0.4) is 0 Å². The number of piperazine rings is 1. The van der Waals surface area contributed by atoms with E-state index in [1.807, 2.05) is 31.2 Å². The summed E-state index contributed by atoms with van der Waals surface area (Å²) >= 11 is 0. The fourth-order valence-corrected chi connectivity index (χ4v) is 2.89. The summed E-state index contributed by atoms with van der Waals surface area (Å²) < 4.78 is 0. The van der Waals surface area contributed by atoms with Gasteiger partial charge in [-0.3, -0.25) is 4.79 Å². The first-order valence-corrected chi connectivity index (χ1v) is 8.67. The highest BCUT2D eigenvalue weighted by molar-refractivity contribution is 5.94. The molecule has 0 aromatic heterocycles. The molecular formula is C18H29N3O2. The average Bonchev–Trinajstić information content (AvgIpc) is 2.60. The van der Waals surface area contributed by atoms with E-state index in [1.54, 1.807) is 0 Å². The van der Waals surface area contributed by atoms with Gasteiger partial charge >= 0.3 is 0 Å². The number of nitrogens with zero attached hydrogens (tertiary/aromatic N) is 2. The van der Waals surface area contributed by atoms with Crippen molar-refractivity contribution in [1.82, 2.24) is 10.2 Å². The fraction of sp³-hybridized carbons (Fsp3) is 0.611. The van der Waals surface area contributed by atoms with E-state index >= 15 is 0 Å². The zero-order valence-corrected chi connectivity index (χ0v) is 14.3. The molecule has 23 heavy (non-hydrogen) atoms. The minimum Gasteiger partial charge on any atom is -0.391 e. The molecular weight excluding hydrogens is 290 g/mol. The summed E-state index contributed by atoms with van der Waals surface area (Å²) in [6, 6.07) is 7.75. The summed E-state index contributed by atoms with van der Waals surface area (Å²) in [6.07, 6.45) is 1.16. The average molecular weight is 319 g/mol. The van der Waals surface area contributed by atoms with Crippen molar-refractivity contribution in [1.29, 1.82) is 0 Å². The zero-order chi connectivity index (χ0) is 16.7. The molecule has 0 radical (unpaired) electrons.